The standard InChI is InChI=1S/C21H17ClN4/c22-16-9-6-10-17(13-16)25-26-20(15-7-2-1-3-8-15)14-21-23-18-11-4-5-12-19(18)24-21/h1-13,25H,14H2,(H,23,24)/b26-20+. The molecule has 0 bridgehead atoms. The van der Waals surface area contributed by atoms with E-state index in [0.717, 1.165) is 33.8 Å². The van der Waals surface area contributed by atoms with Gasteiger partial charge in [0.1, 0.15) is 5.82 Å². The third kappa shape index (κ3) is 3.76. The number of halogens is 1. The number of aromatic amines is 1. The Hall–Kier alpha value is -3.11. The van der Waals surface area contributed by atoms with Crippen LogP contribution in [0.15, 0.2) is 84.0 Å². The molecule has 1 heterocycles. The Balaban J connectivity index is 1.65. The van der Waals surface area contributed by atoms with Crippen molar-refractivity contribution in [3.8, 4) is 0 Å². The van der Waals surface area contributed by atoms with E-state index in [0.29, 0.717) is 11.4 Å². The molecular weight excluding hydrogens is 344 g/mol. The van der Waals surface area contributed by atoms with E-state index in [-0.39, 0.29) is 0 Å². The van der Waals surface area contributed by atoms with Crippen LogP contribution in [0.2, 0.25) is 5.02 Å². The van der Waals surface area contributed by atoms with Crippen LogP contribution in [-0.4, -0.2) is 15.7 Å². The van der Waals surface area contributed by atoms with Crippen molar-refractivity contribution in [1.29, 1.82) is 0 Å². The van der Waals surface area contributed by atoms with Crippen molar-refractivity contribution in [2.24, 2.45) is 5.10 Å². The van der Waals surface area contributed by atoms with Gasteiger partial charge in [-0.2, -0.15) is 5.10 Å². The van der Waals surface area contributed by atoms with Gasteiger partial charge in [0.2, 0.25) is 0 Å². The fourth-order valence-corrected chi connectivity index (χ4v) is 2.96. The van der Waals surface area contributed by atoms with Gasteiger partial charge in [-0.3, -0.25) is 5.43 Å². The molecule has 0 aliphatic rings. The number of rotatable bonds is 5. The maximum Gasteiger partial charge on any atom is 0.113 e. The maximum absolute atomic E-state index is 6.05. The van der Waals surface area contributed by atoms with E-state index in [1.807, 2.05) is 78.9 Å². The van der Waals surface area contributed by atoms with Crippen molar-refractivity contribution in [3.63, 3.8) is 0 Å². The van der Waals surface area contributed by atoms with Gasteiger partial charge in [0.05, 0.1) is 28.9 Å². The molecule has 2 N–H and O–H groups in total. The van der Waals surface area contributed by atoms with Crippen LogP contribution in [0.1, 0.15) is 11.4 Å². The fourth-order valence-electron chi connectivity index (χ4n) is 2.77. The number of hydrazone groups is 1. The summed E-state index contributed by atoms with van der Waals surface area (Å²) in [6.45, 7) is 0. The van der Waals surface area contributed by atoms with E-state index >= 15 is 0 Å². The van der Waals surface area contributed by atoms with Crippen LogP contribution in [-0.2, 0) is 6.42 Å². The molecule has 0 saturated heterocycles. The second-order valence-electron chi connectivity index (χ2n) is 5.92. The number of para-hydroxylation sites is 2. The number of fused-ring (bicyclic) bond motifs is 1. The van der Waals surface area contributed by atoms with E-state index < -0.39 is 0 Å². The first-order chi connectivity index (χ1) is 12.8. The second kappa shape index (κ2) is 7.42. The van der Waals surface area contributed by atoms with E-state index in [1.165, 1.54) is 0 Å². The van der Waals surface area contributed by atoms with Crippen LogP contribution in [0.5, 0.6) is 0 Å². The lowest BCUT2D eigenvalue weighted by Crippen LogP contribution is -2.09. The van der Waals surface area contributed by atoms with E-state index in [4.69, 9.17) is 11.6 Å². The predicted octanol–water partition coefficient (Wildman–Crippen LogP) is 5.28. The Morgan fingerprint density at radius 3 is 2.58 bits per heavy atom. The Bertz CT molecular complexity index is 1020. The number of H-pyrrole nitrogens is 1. The highest BCUT2D eigenvalue weighted by Crippen LogP contribution is 2.16. The third-order valence-electron chi connectivity index (χ3n) is 4.02. The molecule has 4 nitrogen and oxygen atoms in total. The van der Waals surface area contributed by atoms with Crippen molar-refractivity contribution in [1.82, 2.24) is 9.97 Å². The van der Waals surface area contributed by atoms with Gasteiger partial charge in [0, 0.05) is 5.02 Å². The first kappa shape index (κ1) is 16.4. The molecule has 3 aromatic carbocycles. The smallest absolute Gasteiger partial charge is 0.113 e. The summed E-state index contributed by atoms with van der Waals surface area (Å²) in [5.41, 5.74) is 7.86. The summed E-state index contributed by atoms with van der Waals surface area (Å²) < 4.78 is 0. The SMILES string of the molecule is Clc1cccc(N/N=C(\Cc2nc3ccccc3[nH]2)c2ccccc2)c1. The number of nitrogens with one attached hydrogen (secondary N) is 2. The summed E-state index contributed by atoms with van der Waals surface area (Å²) >= 11 is 6.05. The number of hydrogen-bond donors (Lipinski definition) is 2. The molecule has 0 unspecified atom stereocenters. The monoisotopic (exact) mass is 360 g/mol. The van der Waals surface area contributed by atoms with Crippen molar-refractivity contribution >= 4 is 34.0 Å². The van der Waals surface area contributed by atoms with E-state index in [1.54, 1.807) is 0 Å². The quantitative estimate of drug-likeness (QED) is 0.376. The minimum Gasteiger partial charge on any atom is -0.342 e. The first-order valence-electron chi connectivity index (χ1n) is 8.35. The molecule has 5 heteroatoms. The highest BCUT2D eigenvalue weighted by atomic mass is 35.5. The molecule has 0 fully saturated rings. The molecule has 0 atom stereocenters. The average Bonchev–Trinajstić information content (AvgIpc) is 3.08. The highest BCUT2D eigenvalue weighted by molar-refractivity contribution is 6.30. The molecule has 1 aromatic heterocycles. The molecule has 0 spiro atoms. The Labute approximate surface area is 156 Å². The third-order valence-corrected chi connectivity index (χ3v) is 4.26. The summed E-state index contributed by atoms with van der Waals surface area (Å²) in [7, 11) is 0. The summed E-state index contributed by atoms with van der Waals surface area (Å²) in [5, 5.41) is 5.29. The zero-order valence-electron chi connectivity index (χ0n) is 14.0. The van der Waals surface area contributed by atoms with Crippen LogP contribution in [0.3, 0.4) is 0 Å². The minimum atomic E-state index is 0.590. The summed E-state index contributed by atoms with van der Waals surface area (Å²) in [4.78, 5) is 8.02. The molecule has 128 valence electrons. The van der Waals surface area contributed by atoms with E-state index in [2.05, 4.69) is 20.5 Å². The molecule has 0 radical (unpaired) electrons. The molecule has 0 saturated carbocycles. The summed E-state index contributed by atoms with van der Waals surface area (Å²) in [6, 6.07) is 25.6. The van der Waals surface area contributed by atoms with Gasteiger partial charge in [0.15, 0.2) is 0 Å². The molecule has 26 heavy (non-hydrogen) atoms. The van der Waals surface area contributed by atoms with Crippen molar-refractivity contribution < 1.29 is 0 Å². The predicted molar refractivity (Wildman–Crippen MR) is 108 cm³/mol. The molecule has 4 rings (SSSR count). The largest absolute Gasteiger partial charge is 0.342 e. The number of anilines is 1. The van der Waals surface area contributed by atoms with Gasteiger partial charge in [-0.25, -0.2) is 4.98 Å². The van der Waals surface area contributed by atoms with Gasteiger partial charge < -0.3 is 4.98 Å². The second-order valence-corrected chi connectivity index (χ2v) is 6.36. The van der Waals surface area contributed by atoms with Crippen LogP contribution in [0, 0.1) is 0 Å². The van der Waals surface area contributed by atoms with Gasteiger partial charge >= 0.3 is 0 Å². The number of hydrogen-bond acceptors (Lipinski definition) is 3. The Morgan fingerprint density at radius 1 is 0.962 bits per heavy atom. The number of nitrogens with zero attached hydrogens (tertiary/aromatic N) is 2. The lowest BCUT2D eigenvalue weighted by atomic mass is 10.1. The molecular formula is C21H17ClN4. The van der Waals surface area contributed by atoms with Crippen LogP contribution >= 0.6 is 11.6 Å². The molecule has 0 aliphatic heterocycles. The van der Waals surface area contributed by atoms with Crippen molar-refractivity contribution in [3.05, 3.63) is 95.3 Å². The van der Waals surface area contributed by atoms with Gasteiger partial charge in [-0.05, 0) is 35.9 Å². The van der Waals surface area contributed by atoms with Crippen LogP contribution in [0.25, 0.3) is 11.0 Å². The van der Waals surface area contributed by atoms with Gasteiger partial charge in [0.25, 0.3) is 0 Å². The zero-order valence-corrected chi connectivity index (χ0v) is 14.7. The minimum absolute atomic E-state index is 0.590. The topological polar surface area (TPSA) is 53.1 Å². The lowest BCUT2D eigenvalue weighted by molar-refractivity contribution is 1.09. The lowest BCUT2D eigenvalue weighted by Gasteiger charge is -2.07. The first-order valence-corrected chi connectivity index (χ1v) is 8.73. The molecule has 0 aliphatic carbocycles. The highest BCUT2D eigenvalue weighted by Gasteiger charge is 2.09. The number of benzene rings is 3. The Morgan fingerprint density at radius 2 is 1.77 bits per heavy atom. The summed E-state index contributed by atoms with van der Waals surface area (Å²) in [6.07, 6.45) is 0.590. The van der Waals surface area contributed by atoms with Crippen molar-refractivity contribution in [2.45, 2.75) is 6.42 Å². The average molecular weight is 361 g/mol. The number of aromatic nitrogens is 2. The van der Waals surface area contributed by atoms with E-state index in [9.17, 15) is 0 Å². The molecule has 0 amide bonds. The molecule has 4 aromatic rings. The normalized spacial score (nSPS) is 11.7. The fraction of sp³-hybridized carbons (Fsp3) is 0.0476. The van der Waals surface area contributed by atoms with Crippen molar-refractivity contribution in [2.75, 3.05) is 5.43 Å². The summed E-state index contributed by atoms with van der Waals surface area (Å²) in [5.74, 6) is 0.877. The van der Waals surface area contributed by atoms with Crippen LogP contribution < -0.4 is 5.43 Å². The zero-order chi connectivity index (χ0) is 17.8. The van der Waals surface area contributed by atoms with Gasteiger partial charge in [-0.15, -0.1) is 0 Å². The van der Waals surface area contributed by atoms with Crippen LogP contribution in [0.4, 0.5) is 5.69 Å². The Kier molecular flexibility index (Phi) is 4.67. The maximum atomic E-state index is 6.05. The number of imidazole rings is 1. The van der Waals surface area contributed by atoms with Gasteiger partial charge in [-0.1, -0.05) is 60.1 Å².